The average Bonchev–Trinajstić information content (AvgIpc) is 1.98. The zero-order valence-electron chi connectivity index (χ0n) is 6.89. The zero-order chi connectivity index (χ0) is 8.27. The predicted molar refractivity (Wildman–Crippen MR) is 42.8 cm³/mol. The molecule has 0 aromatic rings. The summed E-state index contributed by atoms with van der Waals surface area (Å²) in [6.45, 7) is 3.89. The molecule has 0 saturated heterocycles. The molecule has 2 nitrogen and oxygen atoms in total. The van der Waals surface area contributed by atoms with Gasteiger partial charge in [0.05, 0.1) is 0 Å². The lowest BCUT2D eigenvalue weighted by Crippen LogP contribution is -2.10. The molecule has 60 valence electrons. The van der Waals surface area contributed by atoms with E-state index in [2.05, 4.69) is 0 Å². The Balaban J connectivity index is 2.79. The molecule has 0 bridgehead atoms. The largest absolute Gasteiger partial charge is 0.427 e. The Morgan fingerprint density at radius 3 is 2.82 bits per heavy atom. The first-order valence-corrected chi connectivity index (χ1v) is 3.77. The molecule has 1 aliphatic heterocycles. The van der Waals surface area contributed by atoms with Gasteiger partial charge in [0.2, 0.25) is 0 Å². The van der Waals surface area contributed by atoms with Crippen LogP contribution in [0.1, 0.15) is 26.7 Å². The van der Waals surface area contributed by atoms with E-state index in [1.54, 1.807) is 0 Å². The molecule has 0 saturated carbocycles. The van der Waals surface area contributed by atoms with Crippen molar-refractivity contribution in [2.75, 3.05) is 0 Å². The van der Waals surface area contributed by atoms with Gasteiger partial charge in [-0.2, -0.15) is 0 Å². The molecule has 1 heterocycles. The van der Waals surface area contributed by atoms with Crippen molar-refractivity contribution in [3.8, 4) is 0 Å². The summed E-state index contributed by atoms with van der Waals surface area (Å²) >= 11 is 0. The van der Waals surface area contributed by atoms with E-state index in [4.69, 9.17) is 4.74 Å². The first-order valence-electron chi connectivity index (χ1n) is 3.77. The van der Waals surface area contributed by atoms with Gasteiger partial charge in [-0.1, -0.05) is 6.08 Å². The van der Waals surface area contributed by atoms with Crippen molar-refractivity contribution >= 4 is 5.97 Å². The summed E-state index contributed by atoms with van der Waals surface area (Å²) in [5, 5.41) is 0. The summed E-state index contributed by atoms with van der Waals surface area (Å²) in [5.74, 6) is 0.604. The molecule has 1 aliphatic rings. The molecule has 0 aliphatic carbocycles. The SMILES string of the molecule is C/C=C\C1=C(C)CCC(=O)O1. The van der Waals surface area contributed by atoms with Gasteiger partial charge in [0.15, 0.2) is 0 Å². The predicted octanol–water partition coefficient (Wildman–Crippen LogP) is 2.17. The highest BCUT2D eigenvalue weighted by molar-refractivity contribution is 5.72. The van der Waals surface area contributed by atoms with Crippen LogP contribution in [0.25, 0.3) is 0 Å². The molecule has 0 amide bonds. The Morgan fingerprint density at radius 1 is 1.45 bits per heavy atom. The van der Waals surface area contributed by atoms with Crippen molar-refractivity contribution < 1.29 is 9.53 Å². The van der Waals surface area contributed by atoms with Crippen molar-refractivity contribution in [2.24, 2.45) is 0 Å². The highest BCUT2D eigenvalue weighted by atomic mass is 16.5. The Hall–Kier alpha value is -1.05. The van der Waals surface area contributed by atoms with Crippen LogP contribution in [0.2, 0.25) is 0 Å². The second-order valence-electron chi connectivity index (χ2n) is 2.62. The van der Waals surface area contributed by atoms with Gasteiger partial charge in [-0.25, -0.2) is 0 Å². The maximum Gasteiger partial charge on any atom is 0.311 e. The van der Waals surface area contributed by atoms with Crippen molar-refractivity contribution in [3.63, 3.8) is 0 Å². The summed E-state index contributed by atoms with van der Waals surface area (Å²) in [6, 6.07) is 0. The number of esters is 1. The minimum absolute atomic E-state index is 0.122. The van der Waals surface area contributed by atoms with Crippen LogP contribution >= 0.6 is 0 Å². The molecule has 11 heavy (non-hydrogen) atoms. The van der Waals surface area contributed by atoms with Crippen LogP contribution in [-0.2, 0) is 9.53 Å². The minimum Gasteiger partial charge on any atom is -0.427 e. The average molecular weight is 152 g/mol. The number of ether oxygens (including phenoxy) is 1. The molecular weight excluding hydrogens is 140 g/mol. The van der Waals surface area contributed by atoms with Gasteiger partial charge in [0, 0.05) is 6.42 Å². The number of carbonyl (C=O) groups is 1. The zero-order valence-corrected chi connectivity index (χ0v) is 6.89. The van der Waals surface area contributed by atoms with Crippen molar-refractivity contribution in [1.82, 2.24) is 0 Å². The van der Waals surface area contributed by atoms with Gasteiger partial charge >= 0.3 is 5.97 Å². The summed E-state index contributed by atoms with van der Waals surface area (Å²) in [4.78, 5) is 10.8. The summed E-state index contributed by atoms with van der Waals surface area (Å²) in [7, 11) is 0. The molecule has 1 rings (SSSR count). The molecular formula is C9H12O2. The molecule has 0 N–H and O–H groups in total. The van der Waals surface area contributed by atoms with Gasteiger partial charge in [-0.05, 0) is 31.9 Å². The van der Waals surface area contributed by atoms with Crippen LogP contribution in [0.5, 0.6) is 0 Å². The van der Waals surface area contributed by atoms with Gasteiger partial charge in [-0.15, -0.1) is 0 Å². The highest BCUT2D eigenvalue weighted by Gasteiger charge is 2.14. The lowest BCUT2D eigenvalue weighted by Gasteiger charge is -2.14. The summed E-state index contributed by atoms with van der Waals surface area (Å²) in [5.41, 5.74) is 1.16. The Bertz CT molecular complexity index is 224. The number of carbonyl (C=O) groups excluding carboxylic acids is 1. The van der Waals surface area contributed by atoms with Gasteiger partial charge in [0.25, 0.3) is 0 Å². The number of rotatable bonds is 1. The van der Waals surface area contributed by atoms with Crippen LogP contribution in [-0.4, -0.2) is 5.97 Å². The smallest absolute Gasteiger partial charge is 0.311 e. The van der Waals surface area contributed by atoms with Gasteiger partial charge < -0.3 is 4.74 Å². The standard InChI is InChI=1S/C9H12O2/c1-3-4-8-7(2)5-6-9(10)11-8/h3-4H,5-6H2,1-2H3/b4-3-. The van der Waals surface area contributed by atoms with Crippen LogP contribution < -0.4 is 0 Å². The van der Waals surface area contributed by atoms with Gasteiger partial charge in [-0.3, -0.25) is 4.79 Å². The second-order valence-corrected chi connectivity index (χ2v) is 2.62. The van der Waals surface area contributed by atoms with Crippen LogP contribution in [0, 0.1) is 0 Å². The van der Waals surface area contributed by atoms with E-state index in [-0.39, 0.29) is 5.97 Å². The van der Waals surface area contributed by atoms with E-state index in [1.165, 1.54) is 0 Å². The molecule has 0 fully saturated rings. The Kier molecular flexibility index (Phi) is 2.47. The fourth-order valence-corrected chi connectivity index (χ4v) is 1.00. The fourth-order valence-electron chi connectivity index (χ4n) is 1.00. The topological polar surface area (TPSA) is 26.3 Å². The summed E-state index contributed by atoms with van der Waals surface area (Å²) in [6.07, 6.45) is 5.05. The highest BCUT2D eigenvalue weighted by Crippen LogP contribution is 2.19. The van der Waals surface area contributed by atoms with E-state index in [1.807, 2.05) is 26.0 Å². The third-order valence-electron chi connectivity index (χ3n) is 1.67. The first-order chi connectivity index (χ1) is 5.24. The molecule has 0 unspecified atom stereocenters. The Labute approximate surface area is 66.5 Å². The lowest BCUT2D eigenvalue weighted by molar-refractivity contribution is -0.140. The fraction of sp³-hybridized carbons (Fsp3) is 0.444. The molecule has 0 radical (unpaired) electrons. The van der Waals surface area contributed by atoms with Crippen LogP contribution in [0.4, 0.5) is 0 Å². The first kappa shape index (κ1) is 8.05. The van der Waals surface area contributed by atoms with Gasteiger partial charge in [0.1, 0.15) is 5.76 Å². The van der Waals surface area contributed by atoms with E-state index in [0.717, 1.165) is 17.8 Å². The number of cyclic esters (lactones) is 1. The van der Waals surface area contributed by atoms with Crippen molar-refractivity contribution in [3.05, 3.63) is 23.5 Å². The number of hydrogen-bond acceptors (Lipinski definition) is 2. The maximum atomic E-state index is 10.8. The lowest BCUT2D eigenvalue weighted by atomic mass is 10.1. The quantitative estimate of drug-likeness (QED) is 0.538. The van der Waals surface area contributed by atoms with Crippen LogP contribution in [0.3, 0.4) is 0 Å². The molecule has 0 spiro atoms. The third kappa shape index (κ3) is 1.93. The van der Waals surface area contributed by atoms with E-state index in [9.17, 15) is 4.79 Å². The second kappa shape index (κ2) is 3.37. The maximum absolute atomic E-state index is 10.8. The van der Waals surface area contributed by atoms with E-state index < -0.39 is 0 Å². The van der Waals surface area contributed by atoms with Crippen LogP contribution in [0.15, 0.2) is 23.5 Å². The van der Waals surface area contributed by atoms with Crippen molar-refractivity contribution in [1.29, 1.82) is 0 Å². The summed E-state index contributed by atoms with van der Waals surface area (Å²) < 4.78 is 4.99. The molecule has 0 aromatic heterocycles. The number of allylic oxidation sites excluding steroid dienone is 3. The molecule has 0 atom stereocenters. The monoisotopic (exact) mass is 152 g/mol. The molecule has 2 heteroatoms. The van der Waals surface area contributed by atoms with Crippen molar-refractivity contribution in [2.45, 2.75) is 26.7 Å². The van der Waals surface area contributed by atoms with E-state index >= 15 is 0 Å². The van der Waals surface area contributed by atoms with E-state index in [0.29, 0.717) is 6.42 Å². The normalized spacial score (nSPS) is 19.3. The number of hydrogen-bond donors (Lipinski definition) is 0. The molecule has 0 aromatic carbocycles. The Morgan fingerprint density at radius 2 is 2.18 bits per heavy atom. The minimum atomic E-state index is -0.122. The third-order valence-corrected chi connectivity index (χ3v) is 1.67.